The normalized spacial score (nSPS) is 24.9. The molecule has 1 aliphatic heterocycles. The molecular formula is C16H24N2. The first-order valence-electron chi connectivity index (χ1n) is 6.98. The van der Waals surface area contributed by atoms with Gasteiger partial charge in [0.15, 0.2) is 0 Å². The average molecular weight is 244 g/mol. The second kappa shape index (κ2) is 6.72. The molecule has 0 spiro atoms. The molecule has 18 heavy (non-hydrogen) atoms. The highest BCUT2D eigenvalue weighted by atomic mass is 15.2. The molecule has 1 aromatic rings. The van der Waals surface area contributed by atoms with Crippen LogP contribution in [-0.2, 0) is 0 Å². The summed E-state index contributed by atoms with van der Waals surface area (Å²) in [4.78, 5) is 2.60. The summed E-state index contributed by atoms with van der Waals surface area (Å²) in [7, 11) is 0. The highest BCUT2D eigenvalue weighted by Crippen LogP contribution is 2.24. The lowest BCUT2D eigenvalue weighted by molar-refractivity contribution is 0.131. The Morgan fingerprint density at radius 2 is 2.17 bits per heavy atom. The predicted octanol–water partition coefficient (Wildman–Crippen LogP) is 2.99. The maximum absolute atomic E-state index is 3.84. The maximum atomic E-state index is 3.84. The van der Waals surface area contributed by atoms with Crippen LogP contribution in [0.5, 0.6) is 0 Å². The van der Waals surface area contributed by atoms with Crippen molar-refractivity contribution >= 4 is 0 Å². The minimum atomic E-state index is 0.508. The van der Waals surface area contributed by atoms with E-state index in [1.165, 1.54) is 12.0 Å². The molecule has 0 amide bonds. The van der Waals surface area contributed by atoms with Gasteiger partial charge in [-0.05, 0) is 18.4 Å². The van der Waals surface area contributed by atoms with Gasteiger partial charge in [0.05, 0.1) is 0 Å². The Balaban J connectivity index is 2.09. The highest BCUT2D eigenvalue weighted by Gasteiger charge is 2.27. The van der Waals surface area contributed by atoms with Crippen LogP contribution in [0.3, 0.4) is 0 Å². The van der Waals surface area contributed by atoms with Crippen LogP contribution in [-0.4, -0.2) is 30.6 Å². The lowest BCUT2D eigenvalue weighted by Gasteiger charge is -2.40. The molecule has 1 aromatic carbocycles. The van der Waals surface area contributed by atoms with Crippen molar-refractivity contribution in [3.05, 3.63) is 48.6 Å². The van der Waals surface area contributed by atoms with Crippen molar-refractivity contribution in [3.63, 3.8) is 0 Å². The molecule has 2 unspecified atom stereocenters. The first-order chi connectivity index (χ1) is 8.85. The summed E-state index contributed by atoms with van der Waals surface area (Å²) in [6.45, 7) is 9.41. The number of hydrogen-bond donors (Lipinski definition) is 1. The second-order valence-corrected chi connectivity index (χ2v) is 5.01. The van der Waals surface area contributed by atoms with E-state index in [1.54, 1.807) is 0 Å². The van der Waals surface area contributed by atoms with Gasteiger partial charge >= 0.3 is 0 Å². The van der Waals surface area contributed by atoms with Gasteiger partial charge in [0, 0.05) is 31.7 Å². The first-order valence-corrected chi connectivity index (χ1v) is 6.98. The van der Waals surface area contributed by atoms with Crippen molar-refractivity contribution in [1.29, 1.82) is 0 Å². The van der Waals surface area contributed by atoms with E-state index in [4.69, 9.17) is 0 Å². The summed E-state index contributed by atoms with van der Waals surface area (Å²) in [6, 6.07) is 12.0. The molecular weight excluding hydrogens is 220 g/mol. The van der Waals surface area contributed by atoms with Crippen molar-refractivity contribution in [2.24, 2.45) is 0 Å². The molecule has 2 atom stereocenters. The molecule has 0 aliphatic carbocycles. The van der Waals surface area contributed by atoms with E-state index in [-0.39, 0.29) is 0 Å². The largest absolute Gasteiger partial charge is 0.311 e. The Bertz CT molecular complexity index is 361. The smallest absolute Gasteiger partial charge is 0.0473 e. The molecule has 98 valence electrons. The number of nitrogens with zero attached hydrogens (tertiary/aromatic N) is 1. The number of nitrogens with one attached hydrogen (secondary N) is 1. The van der Waals surface area contributed by atoms with Crippen molar-refractivity contribution < 1.29 is 0 Å². The lowest BCUT2D eigenvalue weighted by atomic mass is 10.00. The summed E-state index contributed by atoms with van der Waals surface area (Å²) in [5.74, 6) is 0. The summed E-state index contributed by atoms with van der Waals surface area (Å²) in [6.07, 6.45) is 4.29. The van der Waals surface area contributed by atoms with Crippen LogP contribution in [0.1, 0.15) is 31.4 Å². The van der Waals surface area contributed by atoms with Crippen LogP contribution in [0, 0.1) is 0 Å². The van der Waals surface area contributed by atoms with Gasteiger partial charge in [0.1, 0.15) is 0 Å². The molecule has 1 N–H and O–H groups in total. The van der Waals surface area contributed by atoms with E-state index >= 15 is 0 Å². The fourth-order valence-corrected chi connectivity index (χ4v) is 2.66. The third kappa shape index (κ3) is 3.21. The third-order valence-electron chi connectivity index (χ3n) is 3.79. The molecule has 1 saturated heterocycles. The molecule has 0 radical (unpaired) electrons. The van der Waals surface area contributed by atoms with E-state index in [0.29, 0.717) is 12.1 Å². The number of benzene rings is 1. The first kappa shape index (κ1) is 13.3. The van der Waals surface area contributed by atoms with E-state index in [1.807, 2.05) is 6.08 Å². The van der Waals surface area contributed by atoms with E-state index < -0.39 is 0 Å². The van der Waals surface area contributed by atoms with Gasteiger partial charge in [-0.1, -0.05) is 43.3 Å². The SMILES string of the molecule is C=CCCN1CC(CC)NCC1c1ccccc1. The van der Waals surface area contributed by atoms with E-state index in [0.717, 1.165) is 26.1 Å². The summed E-state index contributed by atoms with van der Waals surface area (Å²) in [5, 5.41) is 3.66. The average Bonchev–Trinajstić information content (AvgIpc) is 2.45. The van der Waals surface area contributed by atoms with E-state index in [9.17, 15) is 0 Å². The standard InChI is InChI=1S/C16H24N2/c1-3-5-11-18-13-15(4-2)17-12-16(18)14-9-7-6-8-10-14/h3,6-10,15-17H,1,4-5,11-13H2,2H3. The summed E-state index contributed by atoms with van der Waals surface area (Å²) < 4.78 is 0. The zero-order valence-electron chi connectivity index (χ0n) is 11.3. The fourth-order valence-electron chi connectivity index (χ4n) is 2.66. The molecule has 0 aromatic heterocycles. The summed E-state index contributed by atoms with van der Waals surface area (Å²) >= 11 is 0. The van der Waals surface area contributed by atoms with Crippen LogP contribution in [0.2, 0.25) is 0 Å². The molecule has 2 heteroatoms. The monoisotopic (exact) mass is 244 g/mol. The van der Waals surface area contributed by atoms with Crippen molar-refractivity contribution in [2.45, 2.75) is 31.8 Å². The minimum absolute atomic E-state index is 0.508. The quantitative estimate of drug-likeness (QED) is 0.801. The van der Waals surface area contributed by atoms with Crippen LogP contribution >= 0.6 is 0 Å². The Morgan fingerprint density at radius 3 is 2.83 bits per heavy atom. The second-order valence-electron chi connectivity index (χ2n) is 5.01. The Morgan fingerprint density at radius 1 is 1.39 bits per heavy atom. The van der Waals surface area contributed by atoms with Gasteiger partial charge in [0.2, 0.25) is 0 Å². The fraction of sp³-hybridized carbons (Fsp3) is 0.500. The number of piperazine rings is 1. The van der Waals surface area contributed by atoms with E-state index in [2.05, 4.69) is 54.1 Å². The van der Waals surface area contributed by atoms with Crippen LogP contribution in [0.4, 0.5) is 0 Å². The van der Waals surface area contributed by atoms with Crippen molar-refractivity contribution in [1.82, 2.24) is 10.2 Å². The van der Waals surface area contributed by atoms with Gasteiger partial charge in [-0.15, -0.1) is 6.58 Å². The van der Waals surface area contributed by atoms with Gasteiger partial charge in [-0.3, -0.25) is 4.90 Å². The predicted molar refractivity (Wildman–Crippen MR) is 77.7 cm³/mol. The maximum Gasteiger partial charge on any atom is 0.0473 e. The third-order valence-corrected chi connectivity index (χ3v) is 3.79. The van der Waals surface area contributed by atoms with Gasteiger partial charge < -0.3 is 5.32 Å². The molecule has 0 saturated carbocycles. The molecule has 1 aliphatic rings. The van der Waals surface area contributed by atoms with Crippen LogP contribution < -0.4 is 5.32 Å². The van der Waals surface area contributed by atoms with Crippen LogP contribution in [0.15, 0.2) is 43.0 Å². The molecule has 0 bridgehead atoms. The van der Waals surface area contributed by atoms with Crippen LogP contribution in [0.25, 0.3) is 0 Å². The molecule has 2 nitrogen and oxygen atoms in total. The topological polar surface area (TPSA) is 15.3 Å². The van der Waals surface area contributed by atoms with Gasteiger partial charge in [0.25, 0.3) is 0 Å². The Hall–Kier alpha value is -1.12. The number of hydrogen-bond acceptors (Lipinski definition) is 2. The highest BCUT2D eigenvalue weighted by molar-refractivity contribution is 5.20. The Labute approximate surface area is 111 Å². The van der Waals surface area contributed by atoms with Gasteiger partial charge in [-0.25, -0.2) is 0 Å². The summed E-state index contributed by atoms with van der Waals surface area (Å²) in [5.41, 5.74) is 1.42. The zero-order chi connectivity index (χ0) is 12.8. The Kier molecular flexibility index (Phi) is 4.97. The van der Waals surface area contributed by atoms with Crippen molar-refractivity contribution in [3.8, 4) is 0 Å². The lowest BCUT2D eigenvalue weighted by Crippen LogP contribution is -2.52. The molecule has 1 heterocycles. The van der Waals surface area contributed by atoms with Gasteiger partial charge in [-0.2, -0.15) is 0 Å². The van der Waals surface area contributed by atoms with Crippen molar-refractivity contribution in [2.75, 3.05) is 19.6 Å². The molecule has 2 rings (SSSR count). The minimum Gasteiger partial charge on any atom is -0.311 e. The number of rotatable bonds is 5. The zero-order valence-corrected chi connectivity index (χ0v) is 11.3. The molecule has 1 fully saturated rings.